The summed E-state index contributed by atoms with van der Waals surface area (Å²) in [4.78, 5) is 9.78. The number of nitrogens with zero attached hydrogens (tertiary/aromatic N) is 4. The first-order valence-electron chi connectivity index (χ1n) is 10.1. The predicted octanol–water partition coefficient (Wildman–Crippen LogP) is 4.97. The molecule has 164 valence electrons. The van der Waals surface area contributed by atoms with Crippen LogP contribution in [0, 0.1) is 5.82 Å². The Kier molecular flexibility index (Phi) is 5.88. The Morgan fingerprint density at radius 3 is 2.91 bits per heavy atom. The van der Waals surface area contributed by atoms with Gasteiger partial charge < -0.3 is 15.4 Å². The van der Waals surface area contributed by atoms with Crippen LogP contribution in [-0.4, -0.2) is 46.6 Å². The minimum Gasteiger partial charge on any atom is -0.383 e. The van der Waals surface area contributed by atoms with E-state index in [9.17, 15) is 4.39 Å². The molecule has 32 heavy (non-hydrogen) atoms. The monoisotopic (exact) mass is 470 g/mol. The average molecular weight is 471 g/mol. The summed E-state index contributed by atoms with van der Waals surface area (Å²) >= 11 is 7.54. The molecule has 0 radical (unpaired) electrons. The molecule has 2 N–H and O–H groups in total. The minimum absolute atomic E-state index is 0.0568. The van der Waals surface area contributed by atoms with Crippen molar-refractivity contribution in [3.63, 3.8) is 0 Å². The normalized spacial score (nSPS) is 11.7. The molecule has 2 aromatic carbocycles. The van der Waals surface area contributed by atoms with Crippen LogP contribution in [0.5, 0.6) is 0 Å². The van der Waals surface area contributed by atoms with Gasteiger partial charge >= 0.3 is 0 Å². The minimum atomic E-state index is -0.459. The van der Waals surface area contributed by atoms with Crippen LogP contribution >= 0.6 is 22.9 Å². The number of aromatic nitrogens is 4. The Bertz CT molecular complexity index is 1420. The van der Waals surface area contributed by atoms with Crippen LogP contribution < -0.4 is 10.6 Å². The summed E-state index contributed by atoms with van der Waals surface area (Å²) in [6.45, 7) is 3.08. The van der Waals surface area contributed by atoms with Gasteiger partial charge in [0.1, 0.15) is 22.8 Å². The second-order valence-electron chi connectivity index (χ2n) is 7.27. The van der Waals surface area contributed by atoms with Gasteiger partial charge in [-0.1, -0.05) is 17.7 Å². The van der Waals surface area contributed by atoms with Crippen molar-refractivity contribution < 1.29 is 9.13 Å². The van der Waals surface area contributed by atoms with Gasteiger partial charge in [-0.05, 0) is 24.3 Å². The van der Waals surface area contributed by atoms with Crippen molar-refractivity contribution in [3.8, 4) is 0 Å². The third kappa shape index (κ3) is 4.00. The van der Waals surface area contributed by atoms with E-state index in [0.717, 1.165) is 50.8 Å². The summed E-state index contributed by atoms with van der Waals surface area (Å²) in [5.41, 5.74) is 1.60. The summed E-state index contributed by atoms with van der Waals surface area (Å²) in [5.74, 6) is 0.192. The van der Waals surface area contributed by atoms with Gasteiger partial charge in [-0.25, -0.2) is 14.4 Å². The number of nitrogens with one attached hydrogen (secondary N) is 2. The number of methoxy groups -OCH3 is 1. The number of halogens is 2. The molecule has 3 aromatic heterocycles. The van der Waals surface area contributed by atoms with Gasteiger partial charge in [-0.15, -0.1) is 11.3 Å². The van der Waals surface area contributed by atoms with Crippen molar-refractivity contribution in [2.24, 2.45) is 0 Å². The first-order chi connectivity index (χ1) is 15.6. The highest BCUT2D eigenvalue weighted by Crippen LogP contribution is 2.40. The molecule has 0 atom stereocenters. The fourth-order valence-electron chi connectivity index (χ4n) is 3.62. The Balaban J connectivity index is 1.51. The maximum Gasteiger partial charge on any atom is 0.143 e. The number of hydrogen-bond acceptors (Lipinski definition) is 7. The lowest BCUT2D eigenvalue weighted by atomic mass is 10.1. The summed E-state index contributed by atoms with van der Waals surface area (Å²) in [6.07, 6.45) is 3.60. The quantitative estimate of drug-likeness (QED) is 0.312. The third-order valence-corrected chi connectivity index (χ3v) is 6.59. The first kappa shape index (κ1) is 21.0. The van der Waals surface area contributed by atoms with Gasteiger partial charge in [0, 0.05) is 47.6 Å². The number of thiophene rings is 1. The Hall–Kier alpha value is -2.85. The van der Waals surface area contributed by atoms with E-state index < -0.39 is 5.82 Å². The molecular formula is C22H20ClFN6OS. The number of hydrogen-bond donors (Lipinski definition) is 2. The van der Waals surface area contributed by atoms with Crippen LogP contribution in [0.25, 0.3) is 31.2 Å². The van der Waals surface area contributed by atoms with E-state index in [1.807, 2.05) is 10.7 Å². The first-order valence-corrected chi connectivity index (χ1v) is 11.3. The van der Waals surface area contributed by atoms with E-state index in [1.165, 1.54) is 12.4 Å². The van der Waals surface area contributed by atoms with E-state index in [4.69, 9.17) is 21.4 Å². The highest BCUT2D eigenvalue weighted by molar-refractivity contribution is 7.26. The topological polar surface area (TPSA) is 76.9 Å². The fourth-order valence-corrected chi connectivity index (χ4v) is 4.95. The van der Waals surface area contributed by atoms with Crippen LogP contribution in [0.1, 0.15) is 0 Å². The van der Waals surface area contributed by atoms with E-state index in [1.54, 1.807) is 30.6 Å². The Morgan fingerprint density at radius 2 is 2.06 bits per heavy atom. The molecule has 0 unspecified atom stereocenters. The SMILES string of the molecule is COCCNCCn1cc2c(ccc3c2sc2ncnc(Nc4ccc(F)c(Cl)c4)c23)n1. The largest absolute Gasteiger partial charge is 0.383 e. The molecule has 0 aliphatic carbocycles. The molecule has 7 nitrogen and oxygen atoms in total. The van der Waals surface area contributed by atoms with Crippen molar-refractivity contribution in [1.82, 2.24) is 25.1 Å². The average Bonchev–Trinajstić information content (AvgIpc) is 3.37. The van der Waals surface area contributed by atoms with Crippen LogP contribution in [0.2, 0.25) is 5.02 Å². The van der Waals surface area contributed by atoms with Gasteiger partial charge in [0.2, 0.25) is 0 Å². The molecular weight excluding hydrogens is 451 g/mol. The van der Waals surface area contributed by atoms with Gasteiger partial charge in [-0.3, -0.25) is 4.68 Å². The molecule has 10 heteroatoms. The van der Waals surface area contributed by atoms with Crippen molar-refractivity contribution in [3.05, 3.63) is 53.7 Å². The maximum atomic E-state index is 13.5. The van der Waals surface area contributed by atoms with Crippen LogP contribution in [0.4, 0.5) is 15.9 Å². The number of benzene rings is 2. The van der Waals surface area contributed by atoms with E-state index in [-0.39, 0.29) is 5.02 Å². The van der Waals surface area contributed by atoms with Crippen LogP contribution in [-0.2, 0) is 11.3 Å². The van der Waals surface area contributed by atoms with E-state index in [2.05, 4.69) is 32.9 Å². The smallest absolute Gasteiger partial charge is 0.143 e. The lowest BCUT2D eigenvalue weighted by molar-refractivity contribution is 0.199. The third-order valence-electron chi connectivity index (χ3n) is 5.15. The van der Waals surface area contributed by atoms with Gasteiger partial charge in [0.15, 0.2) is 0 Å². The summed E-state index contributed by atoms with van der Waals surface area (Å²) < 4.78 is 21.7. The van der Waals surface area contributed by atoms with Crippen LogP contribution in [0.15, 0.2) is 42.9 Å². The zero-order valence-corrected chi connectivity index (χ0v) is 18.8. The van der Waals surface area contributed by atoms with Crippen LogP contribution in [0.3, 0.4) is 0 Å². The molecule has 0 spiro atoms. The molecule has 0 saturated carbocycles. The second-order valence-corrected chi connectivity index (χ2v) is 8.67. The highest BCUT2D eigenvalue weighted by atomic mass is 35.5. The van der Waals surface area contributed by atoms with Gasteiger partial charge in [0.05, 0.1) is 29.1 Å². The maximum absolute atomic E-state index is 13.5. The van der Waals surface area contributed by atoms with Crippen molar-refractivity contribution >= 4 is 65.6 Å². The lowest BCUT2D eigenvalue weighted by Gasteiger charge is -2.07. The predicted molar refractivity (Wildman–Crippen MR) is 128 cm³/mol. The fraction of sp³-hybridized carbons (Fsp3) is 0.227. The van der Waals surface area contributed by atoms with Gasteiger partial charge in [0.25, 0.3) is 0 Å². The van der Waals surface area contributed by atoms with Crippen molar-refractivity contribution in [2.45, 2.75) is 6.54 Å². The molecule has 0 amide bonds. The van der Waals surface area contributed by atoms with E-state index in [0.29, 0.717) is 18.1 Å². The second kappa shape index (κ2) is 8.95. The Labute approximate surface area is 192 Å². The number of anilines is 2. The molecule has 0 aliphatic heterocycles. The number of ether oxygens (including phenoxy) is 1. The molecule has 0 aliphatic rings. The van der Waals surface area contributed by atoms with Crippen molar-refractivity contribution in [2.75, 3.05) is 32.1 Å². The molecule has 0 saturated heterocycles. The summed E-state index contributed by atoms with van der Waals surface area (Å²) in [5, 5.41) is 14.4. The van der Waals surface area contributed by atoms with Gasteiger partial charge in [-0.2, -0.15) is 5.10 Å². The molecule has 5 aromatic rings. The molecule has 0 fully saturated rings. The zero-order valence-electron chi connectivity index (χ0n) is 17.2. The molecule has 3 heterocycles. The number of fused-ring (bicyclic) bond motifs is 5. The highest BCUT2D eigenvalue weighted by Gasteiger charge is 2.16. The molecule has 5 rings (SSSR count). The molecule has 0 bridgehead atoms. The zero-order chi connectivity index (χ0) is 22.1. The Morgan fingerprint density at radius 1 is 1.16 bits per heavy atom. The van der Waals surface area contributed by atoms with Crippen molar-refractivity contribution in [1.29, 1.82) is 0 Å². The summed E-state index contributed by atoms with van der Waals surface area (Å²) in [7, 11) is 1.69. The summed E-state index contributed by atoms with van der Waals surface area (Å²) in [6, 6.07) is 8.58. The number of rotatable bonds is 8. The lowest BCUT2D eigenvalue weighted by Crippen LogP contribution is -2.23. The standard InChI is InChI=1S/C22H20ClFN6OS/c1-31-9-7-25-6-8-30-11-15-18(29-30)5-3-14-19-21(26-12-27-22(19)32-20(14)15)28-13-2-4-17(24)16(23)10-13/h2-5,10-12,25H,6-9H2,1H3,(H,26,27,28). The van der Waals surface area contributed by atoms with E-state index >= 15 is 0 Å².